The molecule has 1 unspecified atom stereocenters. The monoisotopic (exact) mass is 448 g/mol. The van der Waals surface area contributed by atoms with Crippen LogP contribution < -0.4 is 14.2 Å². The molecular formula is C22H25ClN2O6. The first-order chi connectivity index (χ1) is 15.0. The standard InChI is InChI=1S/C22H25ClN2O6/c1-29-20-12-15-9-11-24(22(26)4-3-10-23)19(18(15)13-21(20)30-2)14-31-17-7-5-16(6-8-17)25(27)28/h5-8,12-13,19H,3-4,9-11,14H2,1-2H3. The van der Waals surface area contributed by atoms with E-state index in [4.69, 9.17) is 25.8 Å². The van der Waals surface area contributed by atoms with E-state index in [1.54, 1.807) is 26.4 Å². The molecule has 2 aromatic carbocycles. The summed E-state index contributed by atoms with van der Waals surface area (Å²) in [6.07, 6.45) is 1.65. The number of hydrogen-bond acceptors (Lipinski definition) is 6. The Morgan fingerprint density at radius 3 is 2.48 bits per heavy atom. The molecule has 31 heavy (non-hydrogen) atoms. The lowest BCUT2D eigenvalue weighted by atomic mass is 9.91. The smallest absolute Gasteiger partial charge is 0.269 e. The van der Waals surface area contributed by atoms with Gasteiger partial charge in [-0.1, -0.05) is 0 Å². The maximum atomic E-state index is 12.9. The molecule has 1 aliphatic heterocycles. The van der Waals surface area contributed by atoms with E-state index in [1.165, 1.54) is 12.1 Å². The number of carbonyl (C=O) groups excluding carboxylic acids is 1. The van der Waals surface area contributed by atoms with E-state index < -0.39 is 4.92 Å². The summed E-state index contributed by atoms with van der Waals surface area (Å²) >= 11 is 5.78. The van der Waals surface area contributed by atoms with Crippen molar-refractivity contribution in [1.82, 2.24) is 4.90 Å². The molecule has 0 saturated heterocycles. The van der Waals surface area contributed by atoms with Gasteiger partial charge in [0.1, 0.15) is 12.4 Å². The number of nitrogens with zero attached hydrogens (tertiary/aromatic N) is 2. The number of fused-ring (bicyclic) bond motifs is 1. The lowest BCUT2D eigenvalue weighted by Crippen LogP contribution is -2.42. The SMILES string of the molecule is COc1cc2c(cc1OC)C(COc1ccc([N+](=O)[O-])cc1)N(C(=O)CCCCl)CC2. The predicted molar refractivity (Wildman–Crippen MR) is 116 cm³/mol. The van der Waals surface area contributed by atoms with Crippen molar-refractivity contribution >= 4 is 23.2 Å². The number of alkyl halides is 1. The Morgan fingerprint density at radius 1 is 1.19 bits per heavy atom. The summed E-state index contributed by atoms with van der Waals surface area (Å²) in [4.78, 5) is 25.1. The summed E-state index contributed by atoms with van der Waals surface area (Å²) in [5, 5.41) is 10.9. The zero-order chi connectivity index (χ0) is 22.4. The van der Waals surface area contributed by atoms with E-state index in [0.29, 0.717) is 48.9 Å². The Morgan fingerprint density at radius 2 is 1.87 bits per heavy atom. The molecule has 1 heterocycles. The van der Waals surface area contributed by atoms with Gasteiger partial charge < -0.3 is 19.1 Å². The predicted octanol–water partition coefficient (Wildman–Crippen LogP) is 4.14. The first-order valence-electron chi connectivity index (χ1n) is 9.96. The number of amides is 1. The summed E-state index contributed by atoms with van der Waals surface area (Å²) in [6.45, 7) is 0.755. The molecule has 0 aliphatic carbocycles. The van der Waals surface area contributed by atoms with E-state index in [2.05, 4.69) is 0 Å². The van der Waals surface area contributed by atoms with Crippen molar-refractivity contribution in [3.8, 4) is 17.2 Å². The molecule has 9 heteroatoms. The Balaban J connectivity index is 1.89. The van der Waals surface area contributed by atoms with Crippen LogP contribution in [0.15, 0.2) is 36.4 Å². The van der Waals surface area contributed by atoms with Crippen LogP contribution in [0.25, 0.3) is 0 Å². The molecule has 1 atom stereocenters. The van der Waals surface area contributed by atoms with Gasteiger partial charge in [0.15, 0.2) is 11.5 Å². The van der Waals surface area contributed by atoms with E-state index in [1.807, 2.05) is 17.0 Å². The first-order valence-corrected chi connectivity index (χ1v) is 10.5. The van der Waals surface area contributed by atoms with Gasteiger partial charge in [0.2, 0.25) is 5.91 Å². The molecule has 1 amide bonds. The Labute approximate surface area is 185 Å². The van der Waals surface area contributed by atoms with Gasteiger partial charge in [0.25, 0.3) is 5.69 Å². The molecule has 8 nitrogen and oxygen atoms in total. The van der Waals surface area contributed by atoms with E-state index in [0.717, 1.165) is 11.1 Å². The molecule has 2 aromatic rings. The molecule has 0 saturated carbocycles. The largest absolute Gasteiger partial charge is 0.493 e. The molecule has 166 valence electrons. The third-order valence-electron chi connectivity index (χ3n) is 5.30. The van der Waals surface area contributed by atoms with Gasteiger partial charge >= 0.3 is 0 Å². The van der Waals surface area contributed by atoms with Crippen LogP contribution in [0, 0.1) is 10.1 Å². The summed E-state index contributed by atoms with van der Waals surface area (Å²) < 4.78 is 16.8. The van der Waals surface area contributed by atoms with Crippen LogP contribution in [0.1, 0.15) is 30.0 Å². The molecule has 0 radical (unpaired) electrons. The van der Waals surface area contributed by atoms with Crippen LogP contribution in [0.4, 0.5) is 5.69 Å². The van der Waals surface area contributed by atoms with E-state index in [9.17, 15) is 14.9 Å². The fraction of sp³-hybridized carbons (Fsp3) is 0.409. The molecular weight excluding hydrogens is 424 g/mol. The van der Waals surface area contributed by atoms with E-state index >= 15 is 0 Å². The fourth-order valence-electron chi connectivity index (χ4n) is 3.71. The van der Waals surface area contributed by atoms with Gasteiger partial charge in [0.05, 0.1) is 25.2 Å². The Bertz CT molecular complexity index is 934. The molecule has 0 N–H and O–H groups in total. The van der Waals surface area contributed by atoms with Crippen LogP contribution in [0.3, 0.4) is 0 Å². The second kappa shape index (κ2) is 10.3. The number of halogens is 1. The number of nitro benzene ring substituents is 1. The second-order valence-corrected chi connectivity index (χ2v) is 7.49. The van der Waals surface area contributed by atoms with Crippen LogP contribution >= 0.6 is 11.6 Å². The molecule has 0 spiro atoms. The van der Waals surface area contributed by atoms with Crippen molar-refractivity contribution in [1.29, 1.82) is 0 Å². The molecule has 0 bridgehead atoms. The third kappa shape index (κ3) is 5.19. The number of nitro groups is 1. The number of hydrogen-bond donors (Lipinski definition) is 0. The van der Waals surface area contributed by atoms with Crippen LogP contribution in [0.5, 0.6) is 17.2 Å². The summed E-state index contributed by atoms with van der Waals surface area (Å²) in [5.74, 6) is 2.14. The van der Waals surface area contributed by atoms with Gasteiger partial charge in [-0.15, -0.1) is 11.6 Å². The molecule has 1 aliphatic rings. The first kappa shape index (κ1) is 22.7. The van der Waals surface area contributed by atoms with Crippen molar-refractivity contribution in [2.75, 3.05) is 33.3 Å². The zero-order valence-corrected chi connectivity index (χ0v) is 18.3. The maximum absolute atomic E-state index is 12.9. The summed E-state index contributed by atoms with van der Waals surface area (Å²) in [6, 6.07) is 9.38. The minimum Gasteiger partial charge on any atom is -0.493 e. The zero-order valence-electron chi connectivity index (χ0n) is 17.5. The molecule has 0 aromatic heterocycles. The van der Waals surface area contributed by atoms with Crippen molar-refractivity contribution < 1.29 is 23.9 Å². The third-order valence-corrected chi connectivity index (χ3v) is 5.57. The number of methoxy groups -OCH3 is 2. The molecule has 3 rings (SSSR count). The average Bonchev–Trinajstić information content (AvgIpc) is 2.79. The van der Waals surface area contributed by atoms with Crippen molar-refractivity contribution in [2.24, 2.45) is 0 Å². The Kier molecular flexibility index (Phi) is 7.57. The second-order valence-electron chi connectivity index (χ2n) is 7.11. The number of benzene rings is 2. The normalized spacial score (nSPS) is 15.2. The molecule has 0 fully saturated rings. The Hall–Kier alpha value is -3.00. The van der Waals surface area contributed by atoms with Crippen molar-refractivity contribution in [2.45, 2.75) is 25.3 Å². The topological polar surface area (TPSA) is 91.1 Å². The van der Waals surface area contributed by atoms with Gasteiger partial charge in [-0.25, -0.2) is 0 Å². The number of carbonyl (C=O) groups is 1. The van der Waals surface area contributed by atoms with Gasteiger partial charge in [0, 0.05) is 31.0 Å². The lowest BCUT2D eigenvalue weighted by molar-refractivity contribution is -0.384. The lowest BCUT2D eigenvalue weighted by Gasteiger charge is -2.37. The van der Waals surface area contributed by atoms with Crippen molar-refractivity contribution in [3.63, 3.8) is 0 Å². The van der Waals surface area contributed by atoms with Gasteiger partial charge in [-0.05, 0) is 48.2 Å². The van der Waals surface area contributed by atoms with Gasteiger partial charge in [-0.3, -0.25) is 14.9 Å². The minimum atomic E-state index is -0.460. The van der Waals surface area contributed by atoms with Crippen molar-refractivity contribution in [3.05, 3.63) is 57.6 Å². The summed E-state index contributed by atoms with van der Waals surface area (Å²) in [5.41, 5.74) is 1.99. The highest BCUT2D eigenvalue weighted by Crippen LogP contribution is 2.38. The fourth-order valence-corrected chi connectivity index (χ4v) is 3.84. The van der Waals surface area contributed by atoms with E-state index in [-0.39, 0.29) is 24.2 Å². The summed E-state index contributed by atoms with van der Waals surface area (Å²) in [7, 11) is 3.16. The highest BCUT2D eigenvalue weighted by molar-refractivity contribution is 6.17. The number of non-ortho nitro benzene ring substituents is 1. The van der Waals surface area contributed by atoms with Gasteiger partial charge in [-0.2, -0.15) is 0 Å². The van der Waals surface area contributed by atoms with Crippen LogP contribution in [-0.4, -0.2) is 49.0 Å². The highest BCUT2D eigenvalue weighted by Gasteiger charge is 2.32. The number of rotatable bonds is 9. The van der Waals surface area contributed by atoms with Crippen LogP contribution in [-0.2, 0) is 11.2 Å². The minimum absolute atomic E-state index is 0.00919. The highest BCUT2D eigenvalue weighted by atomic mass is 35.5. The maximum Gasteiger partial charge on any atom is 0.269 e. The van der Waals surface area contributed by atoms with Crippen LogP contribution in [0.2, 0.25) is 0 Å². The number of ether oxygens (including phenoxy) is 3. The quantitative estimate of drug-likeness (QED) is 0.325. The average molecular weight is 449 g/mol.